The van der Waals surface area contributed by atoms with Crippen LogP contribution in [0.15, 0.2) is 36.5 Å². The zero-order valence-corrected chi connectivity index (χ0v) is 33.3. The van der Waals surface area contributed by atoms with E-state index in [1.54, 1.807) is 0 Å². The van der Waals surface area contributed by atoms with Crippen molar-refractivity contribution in [3.8, 4) is 0 Å². The number of rotatable bonds is 37. The van der Waals surface area contributed by atoms with E-state index in [1.165, 1.54) is 57.8 Å². The zero-order valence-electron chi connectivity index (χ0n) is 32.4. The molecule has 52 heavy (non-hydrogen) atoms. The molecule has 3 atom stereocenters. The predicted octanol–water partition coefficient (Wildman–Crippen LogP) is 10.1. The topological polar surface area (TPSA) is 172 Å². The first-order valence-electron chi connectivity index (χ1n) is 20.0. The highest BCUT2D eigenvalue weighted by atomic mass is 31.2. The third-order valence-corrected chi connectivity index (χ3v) is 9.35. The maximum atomic E-state index is 12.6. The molecule has 0 amide bonds. The van der Waals surface area contributed by atoms with E-state index in [2.05, 4.69) is 54.8 Å². The fourth-order valence-electron chi connectivity index (χ4n) is 5.25. The second kappa shape index (κ2) is 35.7. The molecule has 0 aliphatic heterocycles. The number of hydrogen-bond acceptors (Lipinski definition) is 9. The van der Waals surface area contributed by atoms with Gasteiger partial charge in [-0.25, -0.2) is 4.57 Å². The minimum atomic E-state index is -4.71. The molecule has 302 valence electrons. The van der Waals surface area contributed by atoms with Gasteiger partial charge in [0.2, 0.25) is 0 Å². The highest BCUT2D eigenvalue weighted by Crippen LogP contribution is 2.43. The van der Waals surface area contributed by atoms with E-state index in [9.17, 15) is 23.8 Å². The molecule has 0 heterocycles. The molecule has 4 N–H and O–H groups in total. The summed E-state index contributed by atoms with van der Waals surface area (Å²) in [5.74, 6) is -2.40. The van der Waals surface area contributed by atoms with Crippen molar-refractivity contribution < 1.29 is 47.5 Å². The lowest BCUT2D eigenvalue weighted by Gasteiger charge is -2.20. The van der Waals surface area contributed by atoms with Crippen LogP contribution in [0.3, 0.4) is 0 Å². The van der Waals surface area contributed by atoms with E-state index < -0.39 is 51.1 Å². The Morgan fingerprint density at radius 3 is 1.62 bits per heavy atom. The van der Waals surface area contributed by atoms with Gasteiger partial charge in [-0.15, -0.1) is 0 Å². The van der Waals surface area contributed by atoms with E-state index in [0.29, 0.717) is 12.8 Å². The fraction of sp³-hybridized carbons (Fsp3) is 0.775. The van der Waals surface area contributed by atoms with Crippen LogP contribution in [0.4, 0.5) is 0 Å². The van der Waals surface area contributed by atoms with Gasteiger partial charge < -0.3 is 25.2 Å². The van der Waals surface area contributed by atoms with Crippen LogP contribution in [0.1, 0.15) is 168 Å². The van der Waals surface area contributed by atoms with E-state index in [4.69, 9.17) is 24.8 Å². The normalized spacial score (nSPS) is 14.2. The number of esters is 2. The number of phosphoric ester groups is 1. The first-order valence-corrected chi connectivity index (χ1v) is 21.5. The molecule has 0 aromatic rings. The number of unbranched alkanes of at least 4 members (excludes halogenated alkanes) is 17. The molecule has 0 aromatic carbocycles. The highest BCUT2D eigenvalue weighted by molar-refractivity contribution is 7.47. The Kier molecular flexibility index (Phi) is 34.1. The van der Waals surface area contributed by atoms with Crippen LogP contribution in [-0.4, -0.2) is 59.9 Å². The van der Waals surface area contributed by atoms with E-state index in [1.807, 2.05) is 0 Å². The Labute approximate surface area is 314 Å². The number of nitrogens with two attached hydrogens (primary N) is 1. The number of allylic oxidation sites excluding steroid dienone is 6. The Morgan fingerprint density at radius 2 is 1.08 bits per heavy atom. The van der Waals surface area contributed by atoms with Crippen LogP contribution in [-0.2, 0) is 37.5 Å². The Morgan fingerprint density at radius 1 is 0.615 bits per heavy atom. The van der Waals surface area contributed by atoms with Crippen molar-refractivity contribution in [2.75, 3.05) is 19.8 Å². The number of ether oxygens (including phenoxy) is 2. The van der Waals surface area contributed by atoms with Crippen molar-refractivity contribution in [3.05, 3.63) is 36.5 Å². The van der Waals surface area contributed by atoms with Crippen molar-refractivity contribution in [3.63, 3.8) is 0 Å². The number of carbonyl (C=O) groups is 3. The lowest BCUT2D eigenvalue weighted by atomic mass is 10.0. The van der Waals surface area contributed by atoms with Gasteiger partial charge in [0.1, 0.15) is 12.6 Å². The molecule has 0 saturated heterocycles. The number of carboxylic acid groups (broad SMARTS) is 1. The lowest BCUT2D eigenvalue weighted by Crippen LogP contribution is -2.34. The van der Waals surface area contributed by atoms with Gasteiger partial charge in [0.05, 0.1) is 13.2 Å². The maximum absolute atomic E-state index is 12.6. The van der Waals surface area contributed by atoms with E-state index in [0.717, 1.165) is 70.6 Å². The molecule has 0 bridgehead atoms. The van der Waals surface area contributed by atoms with Gasteiger partial charge >= 0.3 is 25.7 Å². The van der Waals surface area contributed by atoms with Crippen LogP contribution in [0, 0.1) is 0 Å². The molecule has 0 spiro atoms. The summed E-state index contributed by atoms with van der Waals surface area (Å²) in [5, 5.41) is 8.87. The molecule has 0 radical (unpaired) electrons. The molecule has 0 aliphatic rings. The number of carboxylic acids is 1. The van der Waals surface area contributed by atoms with Crippen LogP contribution in [0.25, 0.3) is 0 Å². The minimum Gasteiger partial charge on any atom is -0.480 e. The minimum absolute atomic E-state index is 0.159. The average molecular weight is 758 g/mol. The SMILES string of the molecule is CCC=CCC=CCC=CCCCCCCCC(=O)OCC(COP(=O)(O)OCC(N)C(=O)O)OC(=O)CCCCCCCCCCCCCCC. The van der Waals surface area contributed by atoms with Crippen LogP contribution < -0.4 is 5.73 Å². The summed E-state index contributed by atoms with van der Waals surface area (Å²) in [6.45, 7) is 2.66. The molecule has 12 heteroatoms. The van der Waals surface area contributed by atoms with Gasteiger partial charge in [-0.2, -0.15) is 0 Å². The summed E-state index contributed by atoms with van der Waals surface area (Å²) in [7, 11) is -4.71. The van der Waals surface area contributed by atoms with Crippen molar-refractivity contribution in [2.45, 2.75) is 180 Å². The number of carbonyl (C=O) groups excluding carboxylic acids is 2. The largest absolute Gasteiger partial charge is 0.480 e. The van der Waals surface area contributed by atoms with Gasteiger partial charge in [-0.3, -0.25) is 23.4 Å². The van der Waals surface area contributed by atoms with Crippen molar-refractivity contribution >= 4 is 25.7 Å². The van der Waals surface area contributed by atoms with Crippen molar-refractivity contribution in [1.82, 2.24) is 0 Å². The molecule has 0 rings (SSSR count). The second-order valence-corrected chi connectivity index (χ2v) is 14.8. The molecule has 11 nitrogen and oxygen atoms in total. The second-order valence-electron chi connectivity index (χ2n) is 13.4. The van der Waals surface area contributed by atoms with Gasteiger partial charge in [0, 0.05) is 12.8 Å². The third kappa shape index (κ3) is 34.8. The van der Waals surface area contributed by atoms with Gasteiger partial charge in [0.25, 0.3) is 0 Å². The summed E-state index contributed by atoms with van der Waals surface area (Å²) in [6.07, 6.45) is 36.4. The summed E-state index contributed by atoms with van der Waals surface area (Å²) in [5.41, 5.74) is 5.32. The van der Waals surface area contributed by atoms with Crippen LogP contribution in [0.2, 0.25) is 0 Å². The van der Waals surface area contributed by atoms with E-state index in [-0.39, 0.29) is 19.4 Å². The lowest BCUT2D eigenvalue weighted by molar-refractivity contribution is -0.161. The zero-order chi connectivity index (χ0) is 38.5. The summed E-state index contributed by atoms with van der Waals surface area (Å²) < 4.78 is 32.6. The molecule has 0 aromatic heterocycles. The molecule has 0 aliphatic carbocycles. The molecule has 0 saturated carbocycles. The monoisotopic (exact) mass is 757 g/mol. The first-order chi connectivity index (χ1) is 25.1. The first kappa shape index (κ1) is 49.7. The van der Waals surface area contributed by atoms with Crippen molar-refractivity contribution in [1.29, 1.82) is 0 Å². The molecule has 3 unspecified atom stereocenters. The summed E-state index contributed by atoms with van der Waals surface area (Å²) in [4.78, 5) is 45.8. The van der Waals surface area contributed by atoms with Gasteiger partial charge in [-0.05, 0) is 44.9 Å². The Hall–Kier alpha value is -2.30. The third-order valence-electron chi connectivity index (χ3n) is 8.40. The smallest absolute Gasteiger partial charge is 0.472 e. The molecule has 0 fully saturated rings. The summed E-state index contributed by atoms with van der Waals surface area (Å²) >= 11 is 0. The molecular formula is C40H72NO10P. The van der Waals surface area contributed by atoms with Crippen molar-refractivity contribution in [2.24, 2.45) is 5.73 Å². The van der Waals surface area contributed by atoms with Crippen LogP contribution in [0.5, 0.6) is 0 Å². The highest BCUT2D eigenvalue weighted by Gasteiger charge is 2.28. The number of aliphatic carboxylic acids is 1. The van der Waals surface area contributed by atoms with Gasteiger partial charge in [-0.1, -0.05) is 147 Å². The standard InChI is InChI=1S/C40H72NO10P/c1-3-5-7-9-11-13-15-17-18-20-21-23-25-27-29-31-38(42)48-33-36(34-49-52(46,47)50-35-37(41)40(44)45)51-39(43)32-30-28-26-24-22-19-16-14-12-10-8-6-4-2/h5,7,11,13,17-18,36-37H,3-4,6,8-10,12,14-16,19-35,41H2,1-2H3,(H,44,45)(H,46,47). The Bertz CT molecular complexity index is 1030. The summed E-state index contributed by atoms with van der Waals surface area (Å²) in [6, 6.07) is -1.52. The number of hydrogen-bond donors (Lipinski definition) is 3. The maximum Gasteiger partial charge on any atom is 0.472 e. The Balaban J connectivity index is 4.43. The average Bonchev–Trinajstić information content (AvgIpc) is 3.12. The molecular weight excluding hydrogens is 685 g/mol. The predicted molar refractivity (Wildman–Crippen MR) is 208 cm³/mol. The number of phosphoric acid groups is 1. The van der Waals surface area contributed by atoms with Gasteiger partial charge in [0.15, 0.2) is 6.10 Å². The van der Waals surface area contributed by atoms with E-state index >= 15 is 0 Å². The fourth-order valence-corrected chi connectivity index (χ4v) is 6.03. The van der Waals surface area contributed by atoms with Crippen LogP contribution >= 0.6 is 7.82 Å². The quantitative estimate of drug-likeness (QED) is 0.0238.